The minimum absolute atomic E-state index is 0.0590. The van der Waals surface area contributed by atoms with Crippen LogP contribution in [0.15, 0.2) is 36.4 Å². The van der Waals surface area contributed by atoms with Crippen molar-refractivity contribution in [3.63, 3.8) is 0 Å². The van der Waals surface area contributed by atoms with Crippen LogP contribution in [0.3, 0.4) is 0 Å². The van der Waals surface area contributed by atoms with Crippen LogP contribution in [0.4, 0.5) is 0 Å². The molecule has 0 amide bonds. The molecule has 0 saturated heterocycles. The zero-order valence-electron chi connectivity index (χ0n) is 17.1. The van der Waals surface area contributed by atoms with Gasteiger partial charge in [-0.15, -0.1) is 13.1 Å². The molecular weight excluding hydrogens is 525 g/mol. The number of benzene rings is 2. The Hall–Kier alpha value is -0.214. The number of nitrogens with two attached hydrogens (primary N) is 2. The summed E-state index contributed by atoms with van der Waals surface area (Å²) >= 11 is 7.12. The fraction of sp³-hybridized carbons (Fsp3) is 0.455. The fourth-order valence-electron chi connectivity index (χ4n) is 3.71. The van der Waals surface area contributed by atoms with Crippen molar-refractivity contribution in [2.24, 2.45) is 11.5 Å². The Balaban J connectivity index is 0.00000122. The molecule has 0 aliphatic heterocycles. The first-order valence-electron chi connectivity index (χ1n) is 9.55. The third-order valence-electron chi connectivity index (χ3n) is 4.98. The average molecular weight is 557 g/mol. The van der Waals surface area contributed by atoms with Crippen LogP contribution < -0.4 is 11.5 Å². The third kappa shape index (κ3) is 7.56. The van der Waals surface area contributed by atoms with Gasteiger partial charge >= 0.3 is 39.5 Å². The molecule has 2 aromatic rings. The molecule has 2 aromatic carbocycles. The number of nitrogens with zero attached hydrogens (tertiary/aromatic N) is 1. The maximum atomic E-state index is 6.50. The fourth-order valence-corrected chi connectivity index (χ4v) is 3.71. The number of halogens is 2. The van der Waals surface area contributed by atoms with Crippen molar-refractivity contribution in [3.05, 3.63) is 75.1 Å². The number of aryl methyl sites for hydroxylation is 4. The van der Waals surface area contributed by atoms with E-state index in [9.17, 15) is 0 Å². The van der Waals surface area contributed by atoms with E-state index in [1.807, 2.05) is 0 Å². The summed E-state index contributed by atoms with van der Waals surface area (Å²) in [6.45, 7) is 9.80. The van der Waals surface area contributed by atoms with Crippen LogP contribution in [0.2, 0.25) is 0 Å². The van der Waals surface area contributed by atoms with Gasteiger partial charge in [0.1, 0.15) is 0 Å². The van der Waals surface area contributed by atoms with Crippen molar-refractivity contribution >= 4 is 28.3 Å². The topological polar surface area (TPSA) is 66.1 Å². The van der Waals surface area contributed by atoms with Gasteiger partial charge in [0.15, 0.2) is 0 Å². The summed E-state index contributed by atoms with van der Waals surface area (Å²) in [5.41, 5.74) is 20.5. The van der Waals surface area contributed by atoms with E-state index in [0.717, 1.165) is 24.0 Å². The quantitative estimate of drug-likeness (QED) is 0.407. The Morgan fingerprint density at radius 2 is 1.21 bits per heavy atom. The van der Waals surface area contributed by atoms with Crippen molar-refractivity contribution in [2.45, 2.75) is 52.6 Å². The Morgan fingerprint density at radius 3 is 1.64 bits per heavy atom. The summed E-state index contributed by atoms with van der Waals surface area (Å²) in [5.74, 6) is 0. The molecule has 0 aliphatic carbocycles. The van der Waals surface area contributed by atoms with Gasteiger partial charge in [0.05, 0.1) is 0 Å². The molecule has 0 aliphatic rings. The summed E-state index contributed by atoms with van der Waals surface area (Å²) in [6, 6.07) is 12.6. The number of hydrogen-bond acceptors (Lipinski definition) is 2. The van der Waals surface area contributed by atoms with Crippen molar-refractivity contribution in [3.8, 4) is 0 Å². The van der Waals surface area contributed by atoms with Crippen LogP contribution in [0.25, 0.3) is 5.32 Å². The Bertz CT molecular complexity index is 682. The van der Waals surface area contributed by atoms with Gasteiger partial charge in [-0.25, -0.2) is 0 Å². The molecule has 0 heterocycles. The number of hydrogen-bond donors (Lipinski definition) is 2. The zero-order chi connectivity index (χ0) is 21.1. The van der Waals surface area contributed by atoms with Crippen molar-refractivity contribution in [2.75, 3.05) is 13.1 Å². The van der Waals surface area contributed by atoms with E-state index in [2.05, 4.69) is 92.4 Å². The van der Waals surface area contributed by atoms with E-state index in [4.69, 9.17) is 16.8 Å². The van der Waals surface area contributed by atoms with Gasteiger partial charge in [-0.1, -0.05) is 50.2 Å². The predicted molar refractivity (Wildman–Crippen MR) is 126 cm³/mol. The molecular formula is C22H32Br2CoN3. The first-order valence-corrected chi connectivity index (χ1v) is 14.7. The first kappa shape index (κ1) is 25.8. The minimum atomic E-state index is -0.0690. The van der Waals surface area contributed by atoms with Crippen LogP contribution in [0.1, 0.15) is 59.3 Å². The molecule has 2 unspecified atom stereocenters. The van der Waals surface area contributed by atoms with E-state index < -0.39 is 0 Å². The second-order valence-electron chi connectivity index (χ2n) is 6.85. The first-order chi connectivity index (χ1) is 13.4. The second kappa shape index (κ2) is 13.9. The summed E-state index contributed by atoms with van der Waals surface area (Å²) in [4.78, 5) is 0. The van der Waals surface area contributed by atoms with Crippen molar-refractivity contribution < 1.29 is 11.1 Å². The molecule has 0 aromatic heterocycles. The second-order valence-corrected chi connectivity index (χ2v) is 12.1. The molecule has 6 heteroatoms. The van der Waals surface area contributed by atoms with Crippen LogP contribution in [0, 0.1) is 13.8 Å². The average Bonchev–Trinajstić information content (AvgIpc) is 2.67. The Kier molecular flexibility index (Phi) is 12.8. The molecule has 0 saturated carbocycles. The van der Waals surface area contributed by atoms with Gasteiger partial charge in [0.2, 0.25) is 0 Å². The predicted octanol–water partition coefficient (Wildman–Crippen LogP) is 6.19. The third-order valence-corrected chi connectivity index (χ3v) is 4.98. The summed E-state index contributed by atoms with van der Waals surface area (Å²) < 4.78 is 0. The Morgan fingerprint density at radius 1 is 0.821 bits per heavy atom. The molecule has 0 fully saturated rings. The van der Waals surface area contributed by atoms with Gasteiger partial charge in [0, 0.05) is 12.1 Å². The standard InChI is InChI=1S/C22H32N3.2BrH.Co/c1-5-17-11-8-12-18(6-2)22(17)20(24)14-25-13-19(23)21-15(3)9-7-10-16(21)4;;;/h7-12,19-20H,5-6,13-14,23-24H2,1-4H3;2*1H;/q-1;;;+3/p-2. The van der Waals surface area contributed by atoms with E-state index >= 15 is 0 Å². The van der Waals surface area contributed by atoms with E-state index in [-0.39, 0.29) is 12.1 Å². The molecule has 2 atom stereocenters. The van der Waals surface area contributed by atoms with Gasteiger partial charge in [0.25, 0.3) is 0 Å². The van der Waals surface area contributed by atoms with Crippen LogP contribution in [-0.2, 0) is 24.0 Å². The van der Waals surface area contributed by atoms with Gasteiger partial charge in [-0.3, -0.25) is 0 Å². The van der Waals surface area contributed by atoms with Crippen LogP contribution >= 0.6 is 28.3 Å². The van der Waals surface area contributed by atoms with Crippen LogP contribution in [-0.4, -0.2) is 13.1 Å². The van der Waals surface area contributed by atoms with E-state index in [1.54, 1.807) is 0 Å². The normalized spacial score (nSPS) is 13.0. The van der Waals surface area contributed by atoms with Gasteiger partial charge < -0.3 is 16.8 Å². The SMILES string of the molecule is CCc1cccc(CC)c1C(N)C[N-]CC(N)c1c(C)cccc1C.[Br][Co+][Br]. The molecule has 0 spiro atoms. The van der Waals surface area contributed by atoms with Crippen LogP contribution in [0.5, 0.6) is 0 Å². The molecule has 0 radical (unpaired) electrons. The maximum absolute atomic E-state index is 6.50. The molecule has 3 nitrogen and oxygen atoms in total. The zero-order valence-corrected chi connectivity index (χ0v) is 21.4. The Labute approximate surface area is 190 Å². The monoisotopic (exact) mass is 555 g/mol. The molecule has 4 N–H and O–H groups in total. The van der Waals surface area contributed by atoms with Crippen molar-refractivity contribution in [1.82, 2.24) is 0 Å². The molecule has 28 heavy (non-hydrogen) atoms. The summed E-state index contributed by atoms with van der Waals surface area (Å²) in [7, 11) is 0. The summed E-state index contributed by atoms with van der Waals surface area (Å²) in [6.07, 6.45) is 2.00. The summed E-state index contributed by atoms with van der Waals surface area (Å²) in [5, 5.41) is 4.71. The molecule has 158 valence electrons. The van der Waals surface area contributed by atoms with E-state index in [0.29, 0.717) is 13.1 Å². The molecule has 0 bridgehead atoms. The molecule has 2 rings (SSSR count). The van der Waals surface area contributed by atoms with Crippen molar-refractivity contribution in [1.29, 1.82) is 0 Å². The van der Waals surface area contributed by atoms with E-state index in [1.165, 1.54) is 33.4 Å². The van der Waals surface area contributed by atoms with Gasteiger partial charge in [-0.2, -0.15) is 0 Å². The van der Waals surface area contributed by atoms with Gasteiger partial charge in [-0.05, 0) is 60.1 Å². The number of rotatable bonds is 8.